The lowest BCUT2D eigenvalue weighted by Gasteiger charge is -2.07. The van der Waals surface area contributed by atoms with Gasteiger partial charge in [0.15, 0.2) is 5.82 Å². The Hall–Kier alpha value is -2.53. The highest BCUT2D eigenvalue weighted by Gasteiger charge is 2.13. The predicted molar refractivity (Wildman–Crippen MR) is 78.9 cm³/mol. The predicted octanol–water partition coefficient (Wildman–Crippen LogP) is 2.85. The monoisotopic (exact) mass is 282 g/mol. The van der Waals surface area contributed by atoms with E-state index >= 15 is 0 Å². The second-order valence-electron chi connectivity index (χ2n) is 4.85. The molecule has 0 aliphatic heterocycles. The summed E-state index contributed by atoms with van der Waals surface area (Å²) in [5.74, 6) is 0.863. The smallest absolute Gasteiger partial charge is 0.181 e. The third-order valence-corrected chi connectivity index (χ3v) is 3.25. The first-order valence-corrected chi connectivity index (χ1v) is 6.70. The fourth-order valence-electron chi connectivity index (χ4n) is 2.13. The fraction of sp³-hybridized carbons (Fsp3) is 0.125. The largest absolute Gasteiger partial charge is 0.321 e. The molecule has 0 unspecified atom stereocenters. The van der Waals surface area contributed by atoms with E-state index in [1.807, 2.05) is 30.3 Å². The van der Waals surface area contributed by atoms with Crippen LogP contribution in [0.2, 0.25) is 0 Å². The Labute approximate surface area is 121 Å². The van der Waals surface area contributed by atoms with Crippen molar-refractivity contribution in [1.82, 2.24) is 15.2 Å². The molecular weight excluding hydrogens is 267 g/mol. The van der Waals surface area contributed by atoms with Crippen LogP contribution in [0.15, 0.2) is 54.6 Å². The van der Waals surface area contributed by atoms with Crippen molar-refractivity contribution in [2.75, 3.05) is 0 Å². The number of halogens is 1. The number of H-pyrrole nitrogens is 1. The van der Waals surface area contributed by atoms with Gasteiger partial charge in [0.1, 0.15) is 11.6 Å². The fourth-order valence-corrected chi connectivity index (χ4v) is 2.13. The minimum absolute atomic E-state index is 0.255. The third kappa shape index (κ3) is 3.14. The number of aromatic amines is 1. The van der Waals surface area contributed by atoms with E-state index < -0.39 is 0 Å². The van der Waals surface area contributed by atoms with Crippen LogP contribution in [0.25, 0.3) is 11.4 Å². The summed E-state index contributed by atoms with van der Waals surface area (Å²) in [7, 11) is 0. The molecule has 21 heavy (non-hydrogen) atoms. The average molecular weight is 282 g/mol. The zero-order chi connectivity index (χ0) is 14.7. The molecule has 0 spiro atoms. The van der Waals surface area contributed by atoms with E-state index in [-0.39, 0.29) is 11.9 Å². The highest BCUT2D eigenvalue weighted by molar-refractivity contribution is 5.54. The molecule has 0 amide bonds. The van der Waals surface area contributed by atoms with E-state index in [0.717, 1.165) is 11.1 Å². The molecule has 3 aromatic rings. The number of hydrogen-bond donors (Lipinski definition) is 2. The van der Waals surface area contributed by atoms with Crippen LogP contribution in [0.4, 0.5) is 4.39 Å². The maximum absolute atomic E-state index is 12.9. The molecule has 1 heterocycles. The lowest BCUT2D eigenvalue weighted by atomic mass is 10.1. The van der Waals surface area contributed by atoms with Crippen molar-refractivity contribution < 1.29 is 4.39 Å². The number of nitrogens with one attached hydrogen (secondary N) is 1. The van der Waals surface area contributed by atoms with Gasteiger partial charge >= 0.3 is 0 Å². The number of hydrogen-bond acceptors (Lipinski definition) is 3. The summed E-state index contributed by atoms with van der Waals surface area (Å²) >= 11 is 0. The summed E-state index contributed by atoms with van der Waals surface area (Å²) in [6.07, 6.45) is 0.679. The maximum Gasteiger partial charge on any atom is 0.181 e. The normalized spacial score (nSPS) is 12.3. The van der Waals surface area contributed by atoms with Gasteiger partial charge in [-0.05, 0) is 36.2 Å². The van der Waals surface area contributed by atoms with Gasteiger partial charge < -0.3 is 5.73 Å². The molecule has 0 bridgehead atoms. The lowest BCUT2D eigenvalue weighted by Crippen LogP contribution is -2.15. The van der Waals surface area contributed by atoms with Crippen LogP contribution < -0.4 is 5.73 Å². The Kier molecular flexibility index (Phi) is 3.75. The van der Waals surface area contributed by atoms with Gasteiger partial charge in [-0.15, -0.1) is 0 Å². The molecule has 0 fully saturated rings. The first-order valence-electron chi connectivity index (χ1n) is 6.70. The van der Waals surface area contributed by atoms with Crippen LogP contribution in [0.1, 0.15) is 17.4 Å². The highest BCUT2D eigenvalue weighted by Crippen LogP contribution is 2.18. The molecule has 3 rings (SSSR count). The van der Waals surface area contributed by atoms with Gasteiger partial charge in [0.2, 0.25) is 0 Å². The van der Waals surface area contributed by atoms with Gasteiger partial charge in [-0.2, -0.15) is 5.10 Å². The van der Waals surface area contributed by atoms with Crippen LogP contribution >= 0.6 is 0 Å². The van der Waals surface area contributed by atoms with E-state index in [1.54, 1.807) is 12.1 Å². The summed E-state index contributed by atoms with van der Waals surface area (Å²) < 4.78 is 12.9. The van der Waals surface area contributed by atoms with Crippen molar-refractivity contribution >= 4 is 0 Å². The minimum Gasteiger partial charge on any atom is -0.321 e. The summed E-state index contributed by atoms with van der Waals surface area (Å²) in [5, 5.41) is 7.00. The Morgan fingerprint density at radius 3 is 2.48 bits per heavy atom. The Morgan fingerprint density at radius 1 is 1.05 bits per heavy atom. The standard InChI is InChI=1S/C16H15FN4/c17-13-8-6-12(7-9-13)15-19-16(21-20-15)14(18)10-11-4-2-1-3-5-11/h1-9,14H,10,18H2,(H,19,20,21)/t14-/m1/s1. The van der Waals surface area contributed by atoms with Crippen LogP contribution in [0.3, 0.4) is 0 Å². The van der Waals surface area contributed by atoms with Crippen LogP contribution in [0.5, 0.6) is 0 Å². The van der Waals surface area contributed by atoms with E-state index in [4.69, 9.17) is 5.73 Å². The van der Waals surface area contributed by atoms with Crippen molar-refractivity contribution in [2.24, 2.45) is 5.73 Å². The quantitative estimate of drug-likeness (QED) is 0.773. The first-order chi connectivity index (χ1) is 10.2. The molecule has 106 valence electrons. The summed E-state index contributed by atoms with van der Waals surface area (Å²) in [6.45, 7) is 0. The molecule has 0 aliphatic carbocycles. The van der Waals surface area contributed by atoms with Gasteiger partial charge in [0, 0.05) is 5.56 Å². The number of benzene rings is 2. The first kappa shape index (κ1) is 13.5. The molecule has 1 atom stereocenters. The van der Waals surface area contributed by atoms with Crippen molar-refractivity contribution in [2.45, 2.75) is 12.5 Å². The van der Waals surface area contributed by atoms with Gasteiger partial charge in [0.05, 0.1) is 6.04 Å². The number of rotatable bonds is 4. The molecule has 0 saturated carbocycles. The van der Waals surface area contributed by atoms with Crippen LogP contribution in [-0.4, -0.2) is 15.2 Å². The zero-order valence-electron chi connectivity index (χ0n) is 11.3. The average Bonchev–Trinajstić information content (AvgIpc) is 2.99. The maximum atomic E-state index is 12.9. The molecule has 0 saturated heterocycles. The minimum atomic E-state index is -0.282. The van der Waals surface area contributed by atoms with E-state index in [1.165, 1.54) is 12.1 Å². The molecule has 2 aromatic carbocycles. The number of nitrogens with two attached hydrogens (primary N) is 1. The molecule has 3 N–H and O–H groups in total. The van der Waals surface area contributed by atoms with Crippen molar-refractivity contribution in [1.29, 1.82) is 0 Å². The molecular formula is C16H15FN4. The second-order valence-corrected chi connectivity index (χ2v) is 4.85. The van der Waals surface area contributed by atoms with Gasteiger partial charge in [0.25, 0.3) is 0 Å². The topological polar surface area (TPSA) is 67.6 Å². The molecule has 1 aromatic heterocycles. The number of aromatic nitrogens is 3. The Balaban J connectivity index is 1.76. The molecule has 5 heteroatoms. The van der Waals surface area contributed by atoms with E-state index in [9.17, 15) is 4.39 Å². The van der Waals surface area contributed by atoms with Gasteiger partial charge in [-0.1, -0.05) is 30.3 Å². The van der Waals surface area contributed by atoms with E-state index in [0.29, 0.717) is 18.1 Å². The SMILES string of the molecule is N[C@H](Cc1ccccc1)c1nc(-c2ccc(F)cc2)n[nH]1. The van der Waals surface area contributed by atoms with Crippen LogP contribution in [-0.2, 0) is 6.42 Å². The summed E-state index contributed by atoms with van der Waals surface area (Å²) in [5.41, 5.74) is 8.05. The summed E-state index contributed by atoms with van der Waals surface area (Å²) in [4.78, 5) is 4.39. The number of nitrogens with zero attached hydrogens (tertiary/aromatic N) is 2. The van der Waals surface area contributed by atoms with Crippen LogP contribution in [0, 0.1) is 5.82 Å². The second kappa shape index (κ2) is 5.85. The van der Waals surface area contributed by atoms with Crippen molar-refractivity contribution in [3.8, 4) is 11.4 Å². The zero-order valence-corrected chi connectivity index (χ0v) is 11.3. The lowest BCUT2D eigenvalue weighted by molar-refractivity contribution is 0.628. The van der Waals surface area contributed by atoms with Gasteiger partial charge in [-0.3, -0.25) is 5.10 Å². The molecule has 0 radical (unpaired) electrons. The summed E-state index contributed by atoms with van der Waals surface area (Å²) in [6, 6.07) is 15.8. The van der Waals surface area contributed by atoms with E-state index in [2.05, 4.69) is 15.2 Å². The Bertz CT molecular complexity index is 707. The molecule has 0 aliphatic rings. The van der Waals surface area contributed by atoms with Crippen molar-refractivity contribution in [3.63, 3.8) is 0 Å². The van der Waals surface area contributed by atoms with Gasteiger partial charge in [-0.25, -0.2) is 9.37 Å². The Morgan fingerprint density at radius 2 is 1.76 bits per heavy atom. The highest BCUT2D eigenvalue weighted by atomic mass is 19.1. The third-order valence-electron chi connectivity index (χ3n) is 3.25. The molecule has 4 nitrogen and oxygen atoms in total. The van der Waals surface area contributed by atoms with Crippen molar-refractivity contribution in [3.05, 3.63) is 71.8 Å².